The van der Waals surface area contributed by atoms with Crippen molar-refractivity contribution in [2.75, 3.05) is 60.7 Å². The number of amides is 1. The van der Waals surface area contributed by atoms with Gasteiger partial charge in [-0.15, -0.1) is 0 Å². The van der Waals surface area contributed by atoms with E-state index < -0.39 is 5.54 Å². The summed E-state index contributed by atoms with van der Waals surface area (Å²) in [5, 5.41) is 0.959. The number of carbonyl (C=O) groups is 1. The van der Waals surface area contributed by atoms with E-state index in [-0.39, 0.29) is 11.3 Å². The molecule has 6 nitrogen and oxygen atoms in total. The quantitative estimate of drug-likeness (QED) is 0.413. The monoisotopic (exact) mass is 526 g/mol. The number of hydrogen-bond acceptors (Lipinski definition) is 6. The normalized spacial score (nSPS) is 29.3. The molecular weight excluding hydrogens is 480 g/mol. The van der Waals surface area contributed by atoms with Crippen LogP contribution in [0.5, 0.6) is 0 Å². The molecule has 1 heterocycles. The Hall–Kier alpha value is -1.41. The Morgan fingerprint density at radius 1 is 1.05 bits per heavy atom. The van der Waals surface area contributed by atoms with E-state index in [2.05, 4.69) is 61.1 Å². The molecule has 2 spiro atoms. The van der Waals surface area contributed by atoms with Crippen LogP contribution in [0.3, 0.4) is 0 Å². The second-order valence-corrected chi connectivity index (χ2v) is 13.4. The molecule has 0 aromatic heterocycles. The van der Waals surface area contributed by atoms with Crippen LogP contribution in [0, 0.1) is 5.41 Å². The summed E-state index contributed by atoms with van der Waals surface area (Å²) in [6.07, 6.45) is 9.87. The van der Waals surface area contributed by atoms with Crippen molar-refractivity contribution in [3.8, 4) is 0 Å². The molecule has 4 aliphatic rings. The highest BCUT2D eigenvalue weighted by Gasteiger charge is 2.66. The van der Waals surface area contributed by atoms with Crippen LogP contribution in [0.15, 0.2) is 23.2 Å². The first-order valence-corrected chi connectivity index (χ1v) is 15.3. The Balaban J connectivity index is 1.53. The fraction of sp³-hybridized carbons (Fsp3) is 0.733. The van der Waals surface area contributed by atoms with Crippen LogP contribution >= 0.6 is 11.8 Å². The van der Waals surface area contributed by atoms with Crippen molar-refractivity contribution in [1.82, 2.24) is 14.7 Å². The van der Waals surface area contributed by atoms with Crippen LogP contribution in [-0.4, -0.2) is 92.6 Å². The number of carbonyl (C=O) groups excluding carboxylic acids is 1. The van der Waals surface area contributed by atoms with Crippen LogP contribution in [-0.2, 0) is 21.5 Å². The van der Waals surface area contributed by atoms with E-state index in [4.69, 9.17) is 9.73 Å². The van der Waals surface area contributed by atoms with Gasteiger partial charge in [0.25, 0.3) is 5.91 Å². The van der Waals surface area contributed by atoms with E-state index in [9.17, 15) is 4.79 Å². The predicted octanol–water partition coefficient (Wildman–Crippen LogP) is 4.73. The Bertz CT molecular complexity index is 1010. The van der Waals surface area contributed by atoms with Crippen LogP contribution in [0.4, 0.5) is 0 Å². The molecule has 1 aromatic carbocycles. The second kappa shape index (κ2) is 11.0. The van der Waals surface area contributed by atoms with Crippen molar-refractivity contribution in [2.45, 2.75) is 75.3 Å². The number of nitrogens with zero attached hydrogens (tertiary/aromatic N) is 4. The average Bonchev–Trinajstić information content (AvgIpc) is 3.64. The largest absolute Gasteiger partial charge is 0.381 e. The van der Waals surface area contributed by atoms with Crippen molar-refractivity contribution in [3.05, 3.63) is 34.9 Å². The van der Waals surface area contributed by atoms with Gasteiger partial charge in [-0.1, -0.05) is 30.0 Å². The summed E-state index contributed by atoms with van der Waals surface area (Å²) < 4.78 is 5.77. The number of fused-ring (bicyclic) bond motifs is 3. The number of benzene rings is 1. The molecule has 37 heavy (non-hydrogen) atoms. The molecule has 5 rings (SSSR count). The van der Waals surface area contributed by atoms with Crippen molar-refractivity contribution >= 4 is 22.8 Å². The molecule has 3 aliphatic carbocycles. The smallest absolute Gasteiger partial charge is 0.261 e. The topological polar surface area (TPSA) is 48.4 Å². The molecule has 2 fully saturated rings. The van der Waals surface area contributed by atoms with Crippen molar-refractivity contribution in [3.63, 3.8) is 0 Å². The summed E-state index contributed by atoms with van der Waals surface area (Å²) in [6.45, 7) is 2.76. The standard InChI is InChI=1S/C30H46N4O2S/c1-32(2)16-6-18-34-27(35)30(31-28(34)37-19-7-17-33(3)4)26-20-23(22-8-9-22)10-11-24(26)21-29(30)14-12-25(36-5)13-15-29/h10-11,20,22,25H,6-9,12-19,21H2,1-5H3. The van der Waals surface area contributed by atoms with Crippen LogP contribution in [0.1, 0.15) is 74.0 Å². The number of aliphatic imine (C=N–C) groups is 1. The fourth-order valence-corrected chi connectivity index (χ4v) is 7.89. The minimum Gasteiger partial charge on any atom is -0.381 e. The number of hydrogen-bond donors (Lipinski definition) is 0. The summed E-state index contributed by atoms with van der Waals surface area (Å²) in [5.41, 5.74) is 3.07. The fourth-order valence-electron chi connectivity index (χ4n) is 6.90. The first-order valence-electron chi connectivity index (χ1n) is 14.3. The second-order valence-electron chi connectivity index (χ2n) is 12.3. The van der Waals surface area contributed by atoms with Gasteiger partial charge in [-0.2, -0.15) is 0 Å². The molecule has 2 saturated carbocycles. The highest BCUT2D eigenvalue weighted by molar-refractivity contribution is 8.13. The number of ether oxygens (including phenoxy) is 1. The number of rotatable bonds is 10. The molecule has 1 unspecified atom stereocenters. The molecule has 7 heteroatoms. The van der Waals surface area contributed by atoms with E-state index in [1.54, 1.807) is 11.8 Å². The first-order chi connectivity index (χ1) is 17.8. The summed E-state index contributed by atoms with van der Waals surface area (Å²) in [6, 6.07) is 7.06. The van der Waals surface area contributed by atoms with Gasteiger partial charge in [0.2, 0.25) is 0 Å². The predicted molar refractivity (Wildman–Crippen MR) is 153 cm³/mol. The molecule has 0 N–H and O–H groups in total. The Morgan fingerprint density at radius 3 is 2.41 bits per heavy atom. The zero-order chi connectivity index (χ0) is 26.2. The Morgan fingerprint density at radius 2 is 1.76 bits per heavy atom. The maximum atomic E-state index is 14.8. The third kappa shape index (κ3) is 5.13. The average molecular weight is 527 g/mol. The maximum Gasteiger partial charge on any atom is 0.261 e. The zero-order valence-corrected chi connectivity index (χ0v) is 24.4. The van der Waals surface area contributed by atoms with Gasteiger partial charge in [-0.3, -0.25) is 9.69 Å². The summed E-state index contributed by atoms with van der Waals surface area (Å²) >= 11 is 1.80. The third-order valence-corrected chi connectivity index (χ3v) is 10.2. The lowest BCUT2D eigenvalue weighted by Crippen LogP contribution is -2.52. The Labute approximate surface area is 228 Å². The van der Waals surface area contributed by atoms with Crippen molar-refractivity contribution in [2.24, 2.45) is 10.4 Å². The van der Waals surface area contributed by atoms with Crippen molar-refractivity contribution < 1.29 is 9.53 Å². The van der Waals surface area contributed by atoms with E-state index >= 15 is 0 Å². The molecule has 1 amide bonds. The van der Waals surface area contributed by atoms with Gasteiger partial charge in [-0.25, -0.2) is 4.99 Å². The van der Waals surface area contributed by atoms with E-state index in [1.165, 1.54) is 29.5 Å². The minimum atomic E-state index is -0.770. The number of thioether (sulfide) groups is 1. The van der Waals surface area contributed by atoms with Gasteiger partial charge in [-0.05, 0) is 122 Å². The molecule has 1 aromatic rings. The lowest BCUT2D eigenvalue weighted by molar-refractivity contribution is -0.138. The third-order valence-electron chi connectivity index (χ3n) is 9.11. The molecule has 0 bridgehead atoms. The van der Waals surface area contributed by atoms with E-state index in [0.29, 0.717) is 12.0 Å². The Kier molecular flexibility index (Phi) is 8.07. The van der Waals surface area contributed by atoms with E-state index in [0.717, 1.165) is 75.5 Å². The van der Waals surface area contributed by atoms with Crippen molar-refractivity contribution in [1.29, 1.82) is 0 Å². The molecule has 0 saturated heterocycles. The first kappa shape index (κ1) is 27.2. The van der Waals surface area contributed by atoms with Gasteiger partial charge in [0.05, 0.1) is 6.10 Å². The minimum absolute atomic E-state index is 0.143. The van der Waals surface area contributed by atoms with Gasteiger partial charge in [0, 0.05) is 24.8 Å². The SMILES string of the molecule is COC1CCC2(CC1)Cc1ccc(C3CC3)cc1C21N=C(SCCCN(C)C)N(CCCN(C)C)C1=O. The lowest BCUT2D eigenvalue weighted by atomic mass is 9.61. The maximum absolute atomic E-state index is 14.8. The van der Waals surface area contributed by atoms with Gasteiger partial charge in [0.15, 0.2) is 10.7 Å². The molecule has 0 radical (unpaired) electrons. The molecular formula is C30H46N4O2S. The summed E-state index contributed by atoms with van der Waals surface area (Å²) in [5.74, 6) is 1.89. The van der Waals surface area contributed by atoms with Crippen LogP contribution in [0.2, 0.25) is 0 Å². The van der Waals surface area contributed by atoms with Crippen LogP contribution < -0.4 is 0 Å². The van der Waals surface area contributed by atoms with Gasteiger partial charge in [0.1, 0.15) is 0 Å². The number of amidine groups is 1. The van der Waals surface area contributed by atoms with Crippen LogP contribution in [0.25, 0.3) is 0 Å². The zero-order valence-electron chi connectivity index (χ0n) is 23.6. The lowest BCUT2D eigenvalue weighted by Gasteiger charge is -2.45. The van der Waals surface area contributed by atoms with Gasteiger partial charge >= 0.3 is 0 Å². The summed E-state index contributed by atoms with van der Waals surface area (Å²) in [4.78, 5) is 26.9. The molecule has 1 aliphatic heterocycles. The molecule has 204 valence electrons. The molecule has 1 atom stereocenters. The summed E-state index contributed by atoms with van der Waals surface area (Å²) in [7, 11) is 10.3. The highest BCUT2D eigenvalue weighted by atomic mass is 32.2. The number of methoxy groups -OCH3 is 1. The van der Waals surface area contributed by atoms with E-state index in [1.807, 2.05) is 7.11 Å². The highest BCUT2D eigenvalue weighted by Crippen LogP contribution is 2.63. The van der Waals surface area contributed by atoms with Gasteiger partial charge < -0.3 is 14.5 Å².